The van der Waals surface area contributed by atoms with Gasteiger partial charge in [0, 0.05) is 49.8 Å². The summed E-state index contributed by atoms with van der Waals surface area (Å²) in [5.41, 5.74) is 2.01. The van der Waals surface area contributed by atoms with E-state index in [0.29, 0.717) is 6.54 Å². The van der Waals surface area contributed by atoms with Gasteiger partial charge in [-0.15, -0.1) is 0 Å². The molecule has 1 aromatic carbocycles. The number of nitrogens with zero attached hydrogens (tertiary/aromatic N) is 5. The van der Waals surface area contributed by atoms with Gasteiger partial charge < -0.3 is 4.90 Å². The van der Waals surface area contributed by atoms with Crippen LogP contribution in [0.1, 0.15) is 63.0 Å². The second-order valence-corrected chi connectivity index (χ2v) is 12.7. The van der Waals surface area contributed by atoms with E-state index >= 15 is 0 Å². The molecule has 7 heteroatoms. The molecule has 2 amide bonds. The molecule has 2 saturated carbocycles. The van der Waals surface area contributed by atoms with Crippen molar-refractivity contribution in [3.8, 4) is 0 Å². The number of benzene rings is 1. The van der Waals surface area contributed by atoms with Gasteiger partial charge in [-0.05, 0) is 50.5 Å². The van der Waals surface area contributed by atoms with Crippen molar-refractivity contribution in [3.05, 3.63) is 77.7 Å². The molecule has 3 atom stereocenters. The summed E-state index contributed by atoms with van der Waals surface area (Å²) in [6, 6.07) is 10.5. The van der Waals surface area contributed by atoms with Gasteiger partial charge in [0.2, 0.25) is 5.91 Å². The fourth-order valence-corrected chi connectivity index (χ4v) is 6.83. The normalized spacial score (nSPS) is 30.1. The first-order valence-electron chi connectivity index (χ1n) is 14.4. The van der Waals surface area contributed by atoms with Crippen molar-refractivity contribution in [3.63, 3.8) is 0 Å². The highest BCUT2D eigenvalue weighted by Crippen LogP contribution is 2.52. The number of carbonyl (C=O) groups excluding carboxylic acids is 2. The Morgan fingerprint density at radius 1 is 1.13 bits per heavy atom. The zero-order valence-corrected chi connectivity index (χ0v) is 23.1. The summed E-state index contributed by atoms with van der Waals surface area (Å²) in [5, 5.41) is 4.53. The number of amidine groups is 1. The number of aromatic nitrogens is 2. The largest absolute Gasteiger partial charge is 0.342 e. The van der Waals surface area contributed by atoms with Gasteiger partial charge >= 0.3 is 0 Å². The van der Waals surface area contributed by atoms with Gasteiger partial charge in [-0.25, -0.2) is 0 Å². The Balaban J connectivity index is 1.24. The molecule has 3 heterocycles. The lowest BCUT2D eigenvalue weighted by molar-refractivity contribution is -0.135. The number of amides is 2. The summed E-state index contributed by atoms with van der Waals surface area (Å²) in [4.78, 5) is 36.3. The van der Waals surface area contributed by atoms with Crippen LogP contribution in [0.4, 0.5) is 0 Å². The molecule has 3 fully saturated rings. The monoisotopic (exact) mass is 523 g/mol. The van der Waals surface area contributed by atoms with E-state index in [4.69, 9.17) is 4.99 Å². The highest BCUT2D eigenvalue weighted by Gasteiger charge is 2.61. The summed E-state index contributed by atoms with van der Waals surface area (Å²) in [7, 11) is 1.93. The van der Waals surface area contributed by atoms with Crippen molar-refractivity contribution in [2.24, 2.45) is 23.4 Å². The standard InChI is InChI=1S/C32H37N5O2/c1-22-17-25(24-7-5-4-6-8-24)9-11-32(22,26-18-33-35(3)21-26)27-34-31(14-15-31)29(39)37(27)20-23-10-16-36(19-23)28(38)30(2)12-13-30/h4-9,11,17-18,21,23,25H,10,12-16,19-20H2,1-3H3. The molecular weight excluding hydrogens is 486 g/mol. The number of likely N-dealkylation sites (tertiary alicyclic amines) is 1. The van der Waals surface area contributed by atoms with Crippen LogP contribution in [0.25, 0.3) is 0 Å². The van der Waals surface area contributed by atoms with Gasteiger partial charge in [0.15, 0.2) is 0 Å². The highest BCUT2D eigenvalue weighted by atomic mass is 16.2. The van der Waals surface area contributed by atoms with Crippen LogP contribution in [0.3, 0.4) is 0 Å². The van der Waals surface area contributed by atoms with Crippen LogP contribution < -0.4 is 0 Å². The van der Waals surface area contributed by atoms with E-state index < -0.39 is 11.0 Å². The number of carbonyl (C=O) groups is 2. The molecule has 1 saturated heterocycles. The highest BCUT2D eigenvalue weighted by molar-refractivity contribution is 6.15. The number of aliphatic imine (C=N–C) groups is 1. The minimum atomic E-state index is -0.656. The van der Waals surface area contributed by atoms with Crippen molar-refractivity contribution in [1.29, 1.82) is 0 Å². The van der Waals surface area contributed by atoms with Crippen LogP contribution in [-0.4, -0.2) is 62.4 Å². The maximum Gasteiger partial charge on any atom is 0.255 e. The van der Waals surface area contributed by atoms with E-state index in [1.165, 1.54) is 5.56 Å². The topological polar surface area (TPSA) is 70.8 Å². The number of hydrogen-bond acceptors (Lipinski definition) is 4. The Bertz CT molecular complexity index is 1430. The van der Waals surface area contributed by atoms with Crippen molar-refractivity contribution in [1.82, 2.24) is 19.6 Å². The first-order valence-corrected chi connectivity index (χ1v) is 14.4. The van der Waals surface area contributed by atoms with Crippen molar-refractivity contribution in [2.45, 2.75) is 62.8 Å². The molecule has 2 aliphatic heterocycles. The number of aryl methyl sites for hydroxylation is 1. The smallest absolute Gasteiger partial charge is 0.255 e. The molecule has 2 aromatic rings. The van der Waals surface area contributed by atoms with E-state index in [2.05, 4.69) is 67.6 Å². The minimum absolute atomic E-state index is 0.131. The lowest BCUT2D eigenvalue weighted by Crippen LogP contribution is -2.49. The minimum Gasteiger partial charge on any atom is -0.342 e. The van der Waals surface area contributed by atoms with E-state index in [1.54, 1.807) is 0 Å². The van der Waals surface area contributed by atoms with E-state index in [-0.39, 0.29) is 29.1 Å². The van der Waals surface area contributed by atoms with Crippen LogP contribution in [-0.2, 0) is 22.1 Å². The second kappa shape index (κ2) is 8.51. The van der Waals surface area contributed by atoms with Gasteiger partial charge in [0.1, 0.15) is 11.4 Å². The Kier molecular flexibility index (Phi) is 5.36. The van der Waals surface area contributed by atoms with Crippen LogP contribution in [0.15, 0.2) is 71.5 Å². The van der Waals surface area contributed by atoms with Crippen LogP contribution >= 0.6 is 0 Å². The van der Waals surface area contributed by atoms with Crippen molar-refractivity contribution >= 4 is 17.6 Å². The second-order valence-electron chi connectivity index (χ2n) is 12.7. The zero-order chi connectivity index (χ0) is 27.0. The summed E-state index contributed by atoms with van der Waals surface area (Å²) < 4.78 is 1.83. The van der Waals surface area contributed by atoms with Gasteiger partial charge in [0.05, 0.1) is 11.6 Å². The first kappa shape index (κ1) is 24.6. The maximum atomic E-state index is 14.0. The summed E-state index contributed by atoms with van der Waals surface area (Å²) in [6.45, 7) is 6.36. The summed E-state index contributed by atoms with van der Waals surface area (Å²) in [6.07, 6.45) is 15.3. The molecule has 5 aliphatic rings. The zero-order valence-electron chi connectivity index (χ0n) is 23.1. The number of allylic oxidation sites excluding steroid dienone is 2. The van der Waals surface area contributed by atoms with E-state index in [1.807, 2.05) is 33.8 Å². The molecule has 202 valence electrons. The van der Waals surface area contributed by atoms with E-state index in [0.717, 1.165) is 62.2 Å². The Morgan fingerprint density at radius 3 is 2.54 bits per heavy atom. The Hall–Kier alpha value is -3.48. The SMILES string of the molecule is CC1=CC(c2ccccc2)C=CC1(C1=NC2(CC2)C(=O)N1CC1CCN(C(=O)C2(C)CC2)C1)c1cnn(C)c1. The molecule has 1 aromatic heterocycles. The molecule has 3 aliphatic carbocycles. The van der Waals surface area contributed by atoms with Crippen LogP contribution in [0.5, 0.6) is 0 Å². The lowest BCUT2D eigenvalue weighted by atomic mass is 9.69. The van der Waals surface area contributed by atoms with Crippen LogP contribution in [0, 0.1) is 11.3 Å². The Labute approximate surface area is 230 Å². The van der Waals surface area contributed by atoms with Gasteiger partial charge in [-0.2, -0.15) is 5.10 Å². The van der Waals surface area contributed by atoms with Gasteiger partial charge in [-0.3, -0.25) is 24.2 Å². The summed E-state index contributed by atoms with van der Waals surface area (Å²) >= 11 is 0. The fourth-order valence-electron chi connectivity index (χ4n) is 6.83. The molecule has 3 unspecified atom stereocenters. The predicted octanol–water partition coefficient (Wildman–Crippen LogP) is 4.38. The molecule has 0 N–H and O–H groups in total. The fraction of sp³-hybridized carbons (Fsp3) is 0.500. The molecule has 39 heavy (non-hydrogen) atoms. The quantitative estimate of drug-likeness (QED) is 0.528. The first-order chi connectivity index (χ1) is 18.7. The lowest BCUT2D eigenvalue weighted by Gasteiger charge is -2.39. The number of hydrogen-bond donors (Lipinski definition) is 0. The third-order valence-electron chi connectivity index (χ3n) is 9.78. The molecular formula is C32H37N5O2. The van der Waals surface area contributed by atoms with Gasteiger partial charge in [-0.1, -0.05) is 61.1 Å². The van der Waals surface area contributed by atoms with E-state index in [9.17, 15) is 9.59 Å². The average Bonchev–Trinajstić information content (AvgIpc) is 3.75. The molecule has 0 bridgehead atoms. The average molecular weight is 524 g/mol. The summed E-state index contributed by atoms with van der Waals surface area (Å²) in [5.74, 6) is 1.66. The predicted molar refractivity (Wildman–Crippen MR) is 150 cm³/mol. The third-order valence-corrected chi connectivity index (χ3v) is 9.78. The maximum absolute atomic E-state index is 14.0. The molecule has 7 nitrogen and oxygen atoms in total. The number of rotatable bonds is 6. The molecule has 1 spiro atoms. The van der Waals surface area contributed by atoms with Crippen molar-refractivity contribution in [2.75, 3.05) is 19.6 Å². The Morgan fingerprint density at radius 2 is 1.90 bits per heavy atom. The van der Waals surface area contributed by atoms with Crippen molar-refractivity contribution < 1.29 is 9.59 Å². The molecule has 7 rings (SSSR count). The third kappa shape index (κ3) is 3.84. The van der Waals surface area contributed by atoms with Gasteiger partial charge in [0.25, 0.3) is 5.91 Å². The molecule has 0 radical (unpaired) electrons. The van der Waals surface area contributed by atoms with Crippen LogP contribution in [0.2, 0.25) is 0 Å².